The smallest absolute Gasteiger partial charge is 0.335 e. The van der Waals surface area contributed by atoms with E-state index in [0.717, 1.165) is 22.6 Å². The first-order valence-electron chi connectivity index (χ1n) is 8.01. The number of aromatic carboxylic acids is 1. The summed E-state index contributed by atoms with van der Waals surface area (Å²) in [4.78, 5) is 23.0. The highest BCUT2D eigenvalue weighted by molar-refractivity contribution is 5.88. The Labute approximate surface area is 146 Å². The van der Waals surface area contributed by atoms with E-state index in [1.165, 1.54) is 19.2 Å². The molecule has 0 aliphatic carbocycles. The van der Waals surface area contributed by atoms with Gasteiger partial charge < -0.3 is 19.7 Å². The molecule has 134 valence electrons. The number of ether oxygens (including phenoxy) is 1. The summed E-state index contributed by atoms with van der Waals surface area (Å²) in [6.07, 6.45) is 1.50. The van der Waals surface area contributed by atoms with Crippen LogP contribution in [-0.2, 0) is 17.6 Å². The van der Waals surface area contributed by atoms with E-state index in [0.29, 0.717) is 31.6 Å². The first kappa shape index (κ1) is 18.5. The van der Waals surface area contributed by atoms with Crippen LogP contribution in [0, 0.1) is 13.8 Å². The van der Waals surface area contributed by atoms with Crippen LogP contribution in [0.3, 0.4) is 0 Å². The van der Waals surface area contributed by atoms with Crippen LogP contribution >= 0.6 is 0 Å². The number of nitrogens with zero attached hydrogens (tertiary/aromatic N) is 1. The van der Waals surface area contributed by atoms with Crippen molar-refractivity contribution < 1.29 is 24.0 Å². The number of amides is 1. The number of hydrogen-bond acceptors (Lipinski definition) is 5. The first-order chi connectivity index (χ1) is 11.9. The fraction of sp³-hybridized carbons (Fsp3) is 0.389. The number of hydrogen-bond donors (Lipinski definition) is 2. The van der Waals surface area contributed by atoms with Gasteiger partial charge in [-0.25, -0.2) is 4.79 Å². The van der Waals surface area contributed by atoms with Crippen molar-refractivity contribution in [3.05, 3.63) is 46.3 Å². The quantitative estimate of drug-likeness (QED) is 0.760. The molecule has 1 aromatic carbocycles. The maximum Gasteiger partial charge on any atom is 0.335 e. The predicted molar refractivity (Wildman–Crippen MR) is 91.0 cm³/mol. The molecule has 1 amide bonds. The van der Waals surface area contributed by atoms with Crippen LogP contribution in [0.2, 0.25) is 0 Å². The van der Waals surface area contributed by atoms with Crippen LogP contribution in [-0.4, -0.2) is 35.8 Å². The number of aromatic nitrogens is 1. The molecule has 0 radical (unpaired) electrons. The summed E-state index contributed by atoms with van der Waals surface area (Å²) < 4.78 is 10.3. The molecule has 0 fully saturated rings. The van der Waals surface area contributed by atoms with Crippen molar-refractivity contribution in [3.8, 4) is 5.75 Å². The van der Waals surface area contributed by atoms with Gasteiger partial charge in [0.25, 0.3) is 0 Å². The lowest BCUT2D eigenvalue weighted by Gasteiger charge is -2.10. The summed E-state index contributed by atoms with van der Waals surface area (Å²) in [7, 11) is 1.49. The zero-order valence-corrected chi connectivity index (χ0v) is 14.6. The molecule has 7 nitrogen and oxygen atoms in total. The normalized spacial score (nSPS) is 10.5. The average molecular weight is 346 g/mol. The zero-order valence-electron chi connectivity index (χ0n) is 14.6. The fourth-order valence-electron chi connectivity index (χ4n) is 2.61. The molecule has 0 aliphatic rings. The third-order valence-electron chi connectivity index (χ3n) is 4.03. The Kier molecular flexibility index (Phi) is 6.16. The molecule has 0 bridgehead atoms. The monoisotopic (exact) mass is 346 g/mol. The van der Waals surface area contributed by atoms with E-state index in [-0.39, 0.29) is 11.5 Å². The molecule has 7 heteroatoms. The highest BCUT2D eigenvalue weighted by Gasteiger charge is 2.12. The van der Waals surface area contributed by atoms with Crippen LogP contribution < -0.4 is 10.1 Å². The first-order valence-corrected chi connectivity index (χ1v) is 8.01. The Morgan fingerprint density at radius 1 is 1.28 bits per heavy atom. The highest BCUT2D eigenvalue weighted by Crippen LogP contribution is 2.20. The zero-order chi connectivity index (χ0) is 18.4. The van der Waals surface area contributed by atoms with Gasteiger partial charge in [0.15, 0.2) is 0 Å². The number of carboxylic acid groups (broad SMARTS) is 1. The Morgan fingerprint density at radius 3 is 2.64 bits per heavy atom. The van der Waals surface area contributed by atoms with Crippen molar-refractivity contribution in [2.75, 3.05) is 13.7 Å². The second kappa shape index (κ2) is 8.32. The van der Waals surface area contributed by atoms with Crippen LogP contribution in [0.15, 0.2) is 22.7 Å². The minimum Gasteiger partial charge on any atom is -0.496 e. The topological polar surface area (TPSA) is 102 Å². The largest absolute Gasteiger partial charge is 0.496 e. The number of rotatable bonds is 8. The van der Waals surface area contributed by atoms with Gasteiger partial charge in [0.1, 0.15) is 11.5 Å². The molecule has 25 heavy (non-hydrogen) atoms. The lowest BCUT2D eigenvalue weighted by Crippen LogP contribution is -2.26. The number of aryl methyl sites for hydroxylation is 2. The minimum absolute atomic E-state index is 0.0545. The van der Waals surface area contributed by atoms with E-state index in [9.17, 15) is 9.59 Å². The predicted octanol–water partition coefficient (Wildman–Crippen LogP) is 2.29. The SMILES string of the molecule is COc1cc(C(=O)O)ccc1CCNC(=O)CCc1c(C)noc1C. The van der Waals surface area contributed by atoms with Crippen molar-refractivity contribution in [1.29, 1.82) is 0 Å². The maximum atomic E-state index is 12.0. The fourth-order valence-corrected chi connectivity index (χ4v) is 2.61. The standard InChI is InChI=1S/C18H22N2O5/c1-11-15(12(2)25-20-11)6-7-17(21)19-9-8-13-4-5-14(18(22)23)10-16(13)24-3/h4-5,10H,6-9H2,1-3H3,(H,19,21)(H,22,23). The van der Waals surface area contributed by atoms with Crippen molar-refractivity contribution in [3.63, 3.8) is 0 Å². The number of carbonyl (C=O) groups excluding carboxylic acids is 1. The number of carbonyl (C=O) groups is 2. The summed E-state index contributed by atoms with van der Waals surface area (Å²) in [5.41, 5.74) is 2.80. The number of methoxy groups -OCH3 is 1. The summed E-state index contributed by atoms with van der Waals surface area (Å²) >= 11 is 0. The summed E-state index contributed by atoms with van der Waals surface area (Å²) in [6.45, 7) is 4.14. The lowest BCUT2D eigenvalue weighted by molar-refractivity contribution is -0.121. The summed E-state index contributed by atoms with van der Waals surface area (Å²) in [5, 5.41) is 15.7. The van der Waals surface area contributed by atoms with Crippen LogP contribution in [0.25, 0.3) is 0 Å². The van der Waals surface area contributed by atoms with Crippen molar-refractivity contribution in [2.45, 2.75) is 33.1 Å². The third kappa shape index (κ3) is 4.82. The Bertz CT molecular complexity index is 747. The summed E-state index contributed by atoms with van der Waals surface area (Å²) in [6, 6.07) is 4.72. The molecule has 0 atom stereocenters. The molecular formula is C18H22N2O5. The molecule has 0 unspecified atom stereocenters. The van der Waals surface area contributed by atoms with Gasteiger partial charge in [-0.2, -0.15) is 0 Å². The van der Waals surface area contributed by atoms with Gasteiger partial charge in [-0.05, 0) is 44.4 Å². The molecule has 2 rings (SSSR count). The third-order valence-corrected chi connectivity index (χ3v) is 4.03. The molecule has 2 N–H and O–H groups in total. The average Bonchev–Trinajstić information content (AvgIpc) is 2.91. The number of nitrogens with one attached hydrogen (secondary N) is 1. The Balaban J connectivity index is 1.84. The van der Waals surface area contributed by atoms with Crippen molar-refractivity contribution >= 4 is 11.9 Å². The lowest BCUT2D eigenvalue weighted by atomic mass is 10.1. The molecule has 0 aliphatic heterocycles. The van der Waals surface area contributed by atoms with E-state index >= 15 is 0 Å². The molecule has 2 aromatic rings. The van der Waals surface area contributed by atoms with Crippen LogP contribution in [0.4, 0.5) is 0 Å². The van der Waals surface area contributed by atoms with Crippen molar-refractivity contribution in [1.82, 2.24) is 10.5 Å². The van der Waals surface area contributed by atoms with Gasteiger partial charge in [0.2, 0.25) is 5.91 Å². The molecule has 0 saturated carbocycles. The molecule has 1 aromatic heterocycles. The second-order valence-corrected chi connectivity index (χ2v) is 5.73. The van der Waals surface area contributed by atoms with Gasteiger partial charge in [0.05, 0.1) is 18.4 Å². The van der Waals surface area contributed by atoms with E-state index in [1.807, 2.05) is 13.8 Å². The minimum atomic E-state index is -1.00. The second-order valence-electron chi connectivity index (χ2n) is 5.73. The summed E-state index contributed by atoms with van der Waals surface area (Å²) in [5.74, 6) is 0.192. The van der Waals surface area contributed by atoms with Gasteiger partial charge in [-0.3, -0.25) is 4.79 Å². The number of benzene rings is 1. The Hall–Kier alpha value is -2.83. The Morgan fingerprint density at radius 2 is 2.04 bits per heavy atom. The van der Waals surface area contributed by atoms with E-state index in [4.69, 9.17) is 14.4 Å². The maximum absolute atomic E-state index is 12.0. The van der Waals surface area contributed by atoms with Crippen molar-refractivity contribution in [2.24, 2.45) is 0 Å². The molecule has 1 heterocycles. The van der Waals surface area contributed by atoms with E-state index in [2.05, 4.69) is 10.5 Å². The van der Waals surface area contributed by atoms with E-state index in [1.54, 1.807) is 6.07 Å². The number of carboxylic acids is 1. The van der Waals surface area contributed by atoms with Gasteiger partial charge in [-0.15, -0.1) is 0 Å². The van der Waals surface area contributed by atoms with Gasteiger partial charge in [0, 0.05) is 18.5 Å². The molecular weight excluding hydrogens is 324 g/mol. The molecule has 0 spiro atoms. The van der Waals surface area contributed by atoms with Gasteiger partial charge >= 0.3 is 5.97 Å². The molecule has 0 saturated heterocycles. The van der Waals surface area contributed by atoms with Gasteiger partial charge in [-0.1, -0.05) is 11.2 Å². The highest BCUT2D eigenvalue weighted by atomic mass is 16.5. The van der Waals surface area contributed by atoms with Crippen LogP contribution in [0.1, 0.15) is 39.4 Å². The van der Waals surface area contributed by atoms with Crippen LogP contribution in [0.5, 0.6) is 5.75 Å². The van der Waals surface area contributed by atoms with E-state index < -0.39 is 5.97 Å².